The molecule has 5 nitrogen and oxygen atoms in total. The molecule has 2 fully saturated rings. The van der Waals surface area contributed by atoms with Crippen molar-refractivity contribution < 1.29 is 27.6 Å². The van der Waals surface area contributed by atoms with Crippen molar-refractivity contribution in [3.8, 4) is 0 Å². The Labute approximate surface area is 189 Å². The molecule has 33 heavy (non-hydrogen) atoms. The topological polar surface area (TPSA) is 75.3 Å². The zero-order valence-electron chi connectivity index (χ0n) is 18.2. The maximum atomic E-state index is 14.1. The highest BCUT2D eigenvalue weighted by Gasteiger charge is 2.53. The highest BCUT2D eigenvalue weighted by atomic mass is 19.2. The fourth-order valence-electron chi connectivity index (χ4n) is 4.82. The molecule has 0 spiro atoms. The number of ketones is 1. The largest absolute Gasteiger partial charge is 0.342 e. The summed E-state index contributed by atoms with van der Waals surface area (Å²) in [5, 5.41) is 4.99. The van der Waals surface area contributed by atoms with Gasteiger partial charge in [-0.1, -0.05) is 31.4 Å². The second-order valence-corrected chi connectivity index (χ2v) is 9.10. The van der Waals surface area contributed by atoms with Crippen LogP contribution in [0.25, 0.3) is 0 Å². The summed E-state index contributed by atoms with van der Waals surface area (Å²) in [6, 6.07) is 8.52. The molecule has 2 unspecified atom stereocenters. The predicted octanol–water partition coefficient (Wildman–Crippen LogP) is 4.41. The van der Waals surface area contributed by atoms with Gasteiger partial charge in [-0.25, -0.2) is 13.2 Å². The van der Waals surface area contributed by atoms with Crippen LogP contribution in [0.4, 0.5) is 18.9 Å². The monoisotopic (exact) mass is 458 g/mol. The predicted molar refractivity (Wildman–Crippen MR) is 116 cm³/mol. The Hall–Kier alpha value is -3.16. The van der Waals surface area contributed by atoms with Gasteiger partial charge in [0.05, 0.1) is 0 Å². The van der Waals surface area contributed by atoms with E-state index in [0.29, 0.717) is 17.7 Å². The fourth-order valence-corrected chi connectivity index (χ4v) is 4.82. The number of rotatable bonds is 5. The molecule has 2 aromatic rings. The Morgan fingerprint density at radius 3 is 2.39 bits per heavy atom. The number of benzene rings is 2. The third-order valence-electron chi connectivity index (χ3n) is 6.60. The summed E-state index contributed by atoms with van der Waals surface area (Å²) in [7, 11) is 0. The molecule has 8 heteroatoms. The molecule has 1 aliphatic carbocycles. The van der Waals surface area contributed by atoms with Crippen LogP contribution in [-0.4, -0.2) is 23.1 Å². The van der Waals surface area contributed by atoms with Crippen molar-refractivity contribution in [2.75, 3.05) is 5.32 Å². The van der Waals surface area contributed by atoms with Gasteiger partial charge >= 0.3 is 0 Å². The van der Waals surface area contributed by atoms with Crippen molar-refractivity contribution in [3.63, 3.8) is 0 Å². The lowest BCUT2D eigenvalue weighted by Crippen LogP contribution is -2.46. The first-order valence-electron chi connectivity index (χ1n) is 11.1. The lowest BCUT2D eigenvalue weighted by molar-refractivity contribution is -0.135. The Balaban J connectivity index is 1.46. The fraction of sp³-hybridized carbons (Fsp3) is 0.400. The van der Waals surface area contributed by atoms with Crippen LogP contribution in [0.3, 0.4) is 0 Å². The van der Waals surface area contributed by atoms with E-state index in [-0.39, 0.29) is 0 Å². The number of hydrogen-bond donors (Lipinski definition) is 2. The number of hydrogen-bond acceptors (Lipinski definition) is 3. The number of carbonyl (C=O) groups excluding carboxylic acids is 3. The highest BCUT2D eigenvalue weighted by molar-refractivity contribution is 6.27. The van der Waals surface area contributed by atoms with E-state index < -0.39 is 58.5 Å². The molecule has 2 N–H and O–H groups in total. The quantitative estimate of drug-likeness (QED) is 0.515. The average Bonchev–Trinajstić information content (AvgIpc) is 3.00. The van der Waals surface area contributed by atoms with Crippen molar-refractivity contribution in [3.05, 3.63) is 65.0 Å². The first-order chi connectivity index (χ1) is 15.7. The van der Waals surface area contributed by atoms with Gasteiger partial charge in [-0.3, -0.25) is 14.4 Å². The molecule has 0 bridgehead atoms. The standard InChI is InChI=1S/C25H25F3N2O3/c1-25(13-16-11-17(26)12-19(27)21(16)28)22(31)20(24(33)30-25)23(32)29-18-9-7-15(8-10-18)14-5-3-2-4-6-14/h7-12,14,20H,2-6,13H2,1H3,(H,29,32)(H,30,33). The Morgan fingerprint density at radius 2 is 1.73 bits per heavy atom. The van der Waals surface area contributed by atoms with Crippen LogP contribution in [0.15, 0.2) is 36.4 Å². The molecule has 1 heterocycles. The van der Waals surface area contributed by atoms with Crippen molar-refractivity contribution in [2.45, 2.75) is 56.9 Å². The van der Waals surface area contributed by atoms with Crippen molar-refractivity contribution in [2.24, 2.45) is 5.92 Å². The van der Waals surface area contributed by atoms with Crippen LogP contribution in [0.5, 0.6) is 0 Å². The van der Waals surface area contributed by atoms with E-state index in [0.717, 1.165) is 18.9 Å². The number of nitrogens with one attached hydrogen (secondary N) is 2. The first kappa shape index (κ1) is 23.0. The van der Waals surface area contributed by atoms with Crippen LogP contribution in [0, 0.1) is 23.4 Å². The van der Waals surface area contributed by atoms with Crippen molar-refractivity contribution in [1.29, 1.82) is 0 Å². The maximum absolute atomic E-state index is 14.1. The van der Waals surface area contributed by atoms with E-state index in [2.05, 4.69) is 10.6 Å². The number of Topliss-reactive ketones (excluding diaryl/α,β-unsaturated/α-hetero) is 1. The summed E-state index contributed by atoms with van der Waals surface area (Å²) in [5.41, 5.74) is -0.431. The van der Waals surface area contributed by atoms with Gasteiger partial charge in [0.15, 0.2) is 23.3 Å². The van der Waals surface area contributed by atoms with E-state index in [9.17, 15) is 27.6 Å². The van der Waals surface area contributed by atoms with Crippen LogP contribution < -0.4 is 10.6 Å². The van der Waals surface area contributed by atoms with Gasteiger partial charge in [0, 0.05) is 18.2 Å². The van der Waals surface area contributed by atoms with Gasteiger partial charge in [0.1, 0.15) is 11.4 Å². The second kappa shape index (κ2) is 9.00. The molecule has 2 atom stereocenters. The molecule has 0 radical (unpaired) electrons. The summed E-state index contributed by atoms with van der Waals surface area (Å²) < 4.78 is 41.2. The lowest BCUT2D eigenvalue weighted by Gasteiger charge is -2.23. The van der Waals surface area contributed by atoms with Gasteiger partial charge < -0.3 is 10.6 Å². The minimum absolute atomic E-state index is 0.395. The van der Waals surface area contributed by atoms with Crippen molar-refractivity contribution >= 4 is 23.3 Å². The summed E-state index contributed by atoms with van der Waals surface area (Å²) in [6.45, 7) is 1.31. The van der Waals surface area contributed by atoms with Gasteiger partial charge in [0.2, 0.25) is 11.8 Å². The van der Waals surface area contributed by atoms with Crippen LogP contribution >= 0.6 is 0 Å². The molecular formula is C25H25F3N2O3. The van der Waals surface area contributed by atoms with E-state index in [1.54, 1.807) is 12.1 Å². The molecule has 0 aromatic heterocycles. The molecule has 1 saturated heterocycles. The Kier molecular flexibility index (Phi) is 6.28. The van der Waals surface area contributed by atoms with Gasteiger partial charge in [-0.2, -0.15) is 0 Å². The smallest absolute Gasteiger partial charge is 0.244 e. The highest BCUT2D eigenvalue weighted by Crippen LogP contribution is 2.33. The summed E-state index contributed by atoms with van der Waals surface area (Å²) >= 11 is 0. The number of carbonyl (C=O) groups is 3. The summed E-state index contributed by atoms with van der Waals surface area (Å²) in [6.07, 6.45) is 5.44. The van der Waals surface area contributed by atoms with Crippen LogP contribution in [-0.2, 0) is 20.8 Å². The first-order valence-corrected chi connectivity index (χ1v) is 11.1. The lowest BCUT2D eigenvalue weighted by atomic mass is 9.84. The van der Waals surface area contributed by atoms with Gasteiger partial charge in [-0.15, -0.1) is 0 Å². The van der Waals surface area contributed by atoms with Crippen molar-refractivity contribution in [1.82, 2.24) is 5.32 Å². The maximum Gasteiger partial charge on any atom is 0.244 e. The molecule has 1 saturated carbocycles. The molecule has 1 aliphatic heterocycles. The van der Waals surface area contributed by atoms with E-state index in [4.69, 9.17) is 0 Å². The zero-order chi connectivity index (χ0) is 23.8. The van der Waals surface area contributed by atoms with Crippen LogP contribution in [0.2, 0.25) is 0 Å². The van der Waals surface area contributed by atoms with E-state index >= 15 is 0 Å². The number of anilines is 1. The van der Waals surface area contributed by atoms with Gasteiger partial charge in [-0.05, 0) is 55.0 Å². The molecule has 2 aromatic carbocycles. The summed E-state index contributed by atoms with van der Waals surface area (Å²) in [5.74, 6) is -7.27. The van der Waals surface area contributed by atoms with E-state index in [1.807, 2.05) is 12.1 Å². The minimum Gasteiger partial charge on any atom is -0.342 e. The zero-order valence-corrected chi connectivity index (χ0v) is 18.2. The second-order valence-electron chi connectivity index (χ2n) is 9.10. The molecule has 4 rings (SSSR count). The third kappa shape index (κ3) is 4.65. The third-order valence-corrected chi connectivity index (χ3v) is 6.60. The normalized spacial score (nSPS) is 23.5. The molecule has 2 amide bonds. The molecular weight excluding hydrogens is 433 g/mol. The Bertz CT molecular complexity index is 1100. The minimum atomic E-state index is -1.68. The number of amides is 2. The van der Waals surface area contributed by atoms with Gasteiger partial charge in [0.25, 0.3) is 0 Å². The Morgan fingerprint density at radius 1 is 1.06 bits per heavy atom. The van der Waals surface area contributed by atoms with E-state index in [1.165, 1.54) is 31.7 Å². The molecule has 174 valence electrons. The SMILES string of the molecule is CC1(Cc2cc(F)cc(F)c2F)NC(=O)C(C(=O)Nc2ccc(C3CCCCC3)cc2)C1=O. The average molecular weight is 458 g/mol. The number of halogens is 3. The summed E-state index contributed by atoms with van der Waals surface area (Å²) in [4.78, 5) is 38.2. The molecule has 2 aliphatic rings. The van der Waals surface area contributed by atoms with Crippen LogP contribution in [0.1, 0.15) is 56.1 Å².